The first-order valence-corrected chi connectivity index (χ1v) is 6.30. The molecule has 0 N–H and O–H groups in total. The van der Waals surface area contributed by atoms with Crippen LogP contribution in [0.2, 0.25) is 0 Å². The molecule has 0 aliphatic carbocycles. The van der Waals surface area contributed by atoms with Crippen molar-refractivity contribution in [3.63, 3.8) is 0 Å². The van der Waals surface area contributed by atoms with E-state index in [0.717, 1.165) is 16.8 Å². The van der Waals surface area contributed by atoms with Gasteiger partial charge in [-0.1, -0.05) is 6.07 Å². The second-order valence-electron chi connectivity index (χ2n) is 4.36. The summed E-state index contributed by atoms with van der Waals surface area (Å²) in [6, 6.07) is 7.96. The lowest BCUT2D eigenvalue weighted by Gasteiger charge is -2.23. The van der Waals surface area contributed by atoms with Gasteiger partial charge in [0.05, 0.1) is 12.5 Å². The minimum atomic E-state index is -0.593. The van der Waals surface area contributed by atoms with Crippen molar-refractivity contribution in [2.24, 2.45) is 0 Å². The van der Waals surface area contributed by atoms with Crippen molar-refractivity contribution in [2.45, 2.75) is 32.6 Å². The van der Waals surface area contributed by atoms with Crippen molar-refractivity contribution in [2.75, 3.05) is 11.4 Å². The van der Waals surface area contributed by atoms with Gasteiger partial charge in [-0.05, 0) is 44.0 Å². The molecule has 1 rings (SSSR count). The number of halogens is 1. The minimum Gasteiger partial charge on any atom is -0.310 e. The maximum atomic E-state index is 12.1. The summed E-state index contributed by atoms with van der Waals surface area (Å²) in [6.07, 6.45) is 0.294. The van der Waals surface area contributed by atoms with E-state index in [0.29, 0.717) is 13.0 Å². The Bertz CT molecular complexity index is 457. The highest BCUT2D eigenvalue weighted by Crippen LogP contribution is 2.20. The minimum absolute atomic E-state index is 0.170. The zero-order valence-corrected chi connectivity index (χ0v) is 11.7. The predicted molar refractivity (Wildman–Crippen MR) is 73.8 cm³/mol. The molecule has 18 heavy (non-hydrogen) atoms. The van der Waals surface area contributed by atoms with E-state index in [2.05, 4.69) is 6.07 Å². The predicted octanol–water partition coefficient (Wildman–Crippen LogP) is 3.18. The molecule has 0 saturated carbocycles. The molecule has 0 fully saturated rings. The number of aryl methyl sites for hydroxylation is 2. The van der Waals surface area contributed by atoms with Crippen LogP contribution in [0.3, 0.4) is 0 Å². The van der Waals surface area contributed by atoms with Gasteiger partial charge in [0.15, 0.2) is 0 Å². The van der Waals surface area contributed by atoms with Gasteiger partial charge in [0.1, 0.15) is 5.38 Å². The number of hydrogen-bond donors (Lipinski definition) is 0. The van der Waals surface area contributed by atoms with Crippen LogP contribution in [0.15, 0.2) is 18.2 Å². The summed E-state index contributed by atoms with van der Waals surface area (Å²) in [5.41, 5.74) is 2.98. The molecule has 1 atom stereocenters. The van der Waals surface area contributed by atoms with Gasteiger partial charge in [-0.3, -0.25) is 4.79 Å². The smallest absolute Gasteiger partial charge is 0.244 e. The zero-order valence-electron chi connectivity index (χ0n) is 10.9. The molecule has 0 unspecified atom stereocenters. The van der Waals surface area contributed by atoms with Crippen LogP contribution in [0.25, 0.3) is 0 Å². The number of rotatable bonds is 4. The van der Waals surface area contributed by atoms with Crippen molar-refractivity contribution in [3.8, 4) is 6.07 Å². The van der Waals surface area contributed by atoms with Crippen molar-refractivity contribution >= 4 is 23.2 Å². The van der Waals surface area contributed by atoms with Crippen molar-refractivity contribution < 1.29 is 4.79 Å². The largest absolute Gasteiger partial charge is 0.310 e. The molecule has 0 spiro atoms. The summed E-state index contributed by atoms with van der Waals surface area (Å²) in [5.74, 6) is -0.170. The third kappa shape index (κ3) is 3.75. The van der Waals surface area contributed by atoms with Gasteiger partial charge < -0.3 is 4.90 Å². The molecule has 0 saturated heterocycles. The Morgan fingerprint density at radius 1 is 1.39 bits per heavy atom. The molecule has 1 aromatic carbocycles. The number of nitriles is 1. The fraction of sp³-hybridized carbons (Fsp3) is 0.429. The number of amides is 1. The molecule has 4 heteroatoms. The molecule has 1 amide bonds. The van der Waals surface area contributed by atoms with E-state index >= 15 is 0 Å². The Hall–Kier alpha value is -1.53. The number of benzene rings is 1. The van der Waals surface area contributed by atoms with E-state index < -0.39 is 5.38 Å². The van der Waals surface area contributed by atoms with E-state index in [4.69, 9.17) is 16.9 Å². The topological polar surface area (TPSA) is 44.1 Å². The van der Waals surface area contributed by atoms with Crippen molar-refractivity contribution in [1.29, 1.82) is 5.26 Å². The summed E-state index contributed by atoms with van der Waals surface area (Å²) in [6.45, 7) is 5.97. The molecule has 0 aromatic heterocycles. The summed E-state index contributed by atoms with van der Waals surface area (Å²) in [4.78, 5) is 13.6. The van der Waals surface area contributed by atoms with Crippen LogP contribution in [0.4, 0.5) is 5.69 Å². The third-order valence-electron chi connectivity index (χ3n) is 2.57. The third-order valence-corrected chi connectivity index (χ3v) is 2.76. The first kappa shape index (κ1) is 14.5. The fourth-order valence-corrected chi connectivity index (χ4v) is 1.97. The fourth-order valence-electron chi connectivity index (χ4n) is 1.85. The Morgan fingerprint density at radius 2 is 1.94 bits per heavy atom. The standard InChI is InChI=1S/C14H17ClN2O/c1-10-7-11(2)9-13(8-10)17(6-4-5-16)14(18)12(3)15/h7-9,12H,4,6H2,1-3H3/t12-/m0/s1. The van der Waals surface area contributed by atoms with Crippen molar-refractivity contribution in [3.05, 3.63) is 29.3 Å². The zero-order chi connectivity index (χ0) is 13.7. The monoisotopic (exact) mass is 264 g/mol. The van der Waals surface area contributed by atoms with E-state index in [1.807, 2.05) is 32.0 Å². The highest BCUT2D eigenvalue weighted by molar-refractivity contribution is 6.32. The quantitative estimate of drug-likeness (QED) is 0.784. The first-order valence-electron chi connectivity index (χ1n) is 5.86. The Balaban J connectivity index is 3.09. The van der Waals surface area contributed by atoms with Gasteiger partial charge >= 0.3 is 0 Å². The molecule has 0 bridgehead atoms. The van der Waals surface area contributed by atoms with Crippen LogP contribution in [0, 0.1) is 25.2 Å². The number of alkyl halides is 1. The van der Waals surface area contributed by atoms with Gasteiger partial charge in [-0.2, -0.15) is 5.26 Å². The van der Waals surface area contributed by atoms with Crippen LogP contribution in [0.1, 0.15) is 24.5 Å². The summed E-state index contributed by atoms with van der Waals surface area (Å²) < 4.78 is 0. The number of nitrogens with zero attached hydrogens (tertiary/aromatic N) is 2. The van der Waals surface area contributed by atoms with Crippen molar-refractivity contribution in [1.82, 2.24) is 0 Å². The molecule has 0 aliphatic heterocycles. The molecule has 0 aliphatic rings. The molecule has 1 aromatic rings. The van der Waals surface area contributed by atoms with Gasteiger partial charge in [0.25, 0.3) is 0 Å². The van der Waals surface area contributed by atoms with Gasteiger partial charge in [0, 0.05) is 12.2 Å². The van der Waals surface area contributed by atoms with E-state index in [1.165, 1.54) is 0 Å². The lowest BCUT2D eigenvalue weighted by molar-refractivity contribution is -0.118. The number of hydrogen-bond acceptors (Lipinski definition) is 2. The first-order chi connectivity index (χ1) is 8.45. The average Bonchev–Trinajstić information content (AvgIpc) is 2.27. The second-order valence-corrected chi connectivity index (χ2v) is 5.01. The molecular weight excluding hydrogens is 248 g/mol. The summed E-state index contributed by atoms with van der Waals surface area (Å²) in [5, 5.41) is 8.08. The molecule has 0 heterocycles. The Kier molecular flexibility index (Phi) is 5.18. The number of anilines is 1. The van der Waals surface area contributed by atoms with Crippen LogP contribution in [-0.4, -0.2) is 17.8 Å². The van der Waals surface area contributed by atoms with Gasteiger partial charge in [-0.25, -0.2) is 0 Å². The number of carbonyl (C=O) groups excluding carboxylic acids is 1. The molecular formula is C14H17ClN2O. The second kappa shape index (κ2) is 6.42. The van der Waals surface area contributed by atoms with Crippen LogP contribution < -0.4 is 4.90 Å². The van der Waals surface area contributed by atoms with E-state index in [-0.39, 0.29) is 5.91 Å². The van der Waals surface area contributed by atoms with Gasteiger partial charge in [-0.15, -0.1) is 11.6 Å². The summed E-state index contributed by atoms with van der Waals surface area (Å²) in [7, 11) is 0. The van der Waals surface area contributed by atoms with Gasteiger partial charge in [0.2, 0.25) is 5.91 Å². The number of carbonyl (C=O) groups is 1. The highest BCUT2D eigenvalue weighted by atomic mass is 35.5. The molecule has 3 nitrogen and oxygen atoms in total. The maximum Gasteiger partial charge on any atom is 0.244 e. The summed E-state index contributed by atoms with van der Waals surface area (Å²) >= 11 is 5.86. The highest BCUT2D eigenvalue weighted by Gasteiger charge is 2.20. The normalized spacial score (nSPS) is 11.7. The molecule has 96 valence electrons. The van der Waals surface area contributed by atoms with Crippen LogP contribution >= 0.6 is 11.6 Å². The Labute approximate surface area is 113 Å². The SMILES string of the molecule is Cc1cc(C)cc(N(CCC#N)C(=O)[C@H](C)Cl)c1. The van der Waals surface area contributed by atoms with Crippen LogP contribution in [0.5, 0.6) is 0 Å². The van der Waals surface area contributed by atoms with Crippen LogP contribution in [-0.2, 0) is 4.79 Å². The maximum absolute atomic E-state index is 12.1. The van der Waals surface area contributed by atoms with E-state index in [9.17, 15) is 4.79 Å². The lowest BCUT2D eigenvalue weighted by Crippen LogP contribution is -2.36. The van der Waals surface area contributed by atoms with E-state index in [1.54, 1.807) is 11.8 Å². The molecule has 0 radical (unpaired) electrons. The lowest BCUT2D eigenvalue weighted by atomic mass is 10.1. The average molecular weight is 265 g/mol. The Morgan fingerprint density at radius 3 is 2.39 bits per heavy atom.